The van der Waals surface area contributed by atoms with Crippen LogP contribution in [0.3, 0.4) is 0 Å². The van der Waals surface area contributed by atoms with Crippen LogP contribution in [0.2, 0.25) is 0 Å². The Morgan fingerprint density at radius 3 is 2.00 bits per heavy atom. The van der Waals surface area contributed by atoms with Gasteiger partial charge in [0.25, 0.3) is 0 Å². The van der Waals surface area contributed by atoms with Crippen LogP contribution in [0.1, 0.15) is 20.3 Å². The highest BCUT2D eigenvalue weighted by Gasteiger charge is 2.28. The minimum absolute atomic E-state index is 0.431. The first-order valence-corrected chi connectivity index (χ1v) is 3.28. The summed E-state index contributed by atoms with van der Waals surface area (Å²) >= 11 is 0. The van der Waals surface area contributed by atoms with Crippen LogP contribution in [0.4, 0.5) is 12.9 Å². The molecule has 0 radical (unpaired) electrons. The number of rotatable bonds is 3. The van der Waals surface area contributed by atoms with E-state index in [1.807, 2.05) is 0 Å². The Morgan fingerprint density at radius 1 is 1.50 bits per heavy atom. The van der Waals surface area contributed by atoms with Crippen molar-refractivity contribution < 1.29 is 12.9 Å². The van der Waals surface area contributed by atoms with Crippen molar-refractivity contribution in [3.8, 4) is 0 Å². The molecular formula is C6H11BF3-. The number of hydrogen-bond donors (Lipinski definition) is 0. The maximum Gasteiger partial charge on any atom is 0.505 e. The maximum absolute atomic E-state index is 11.8. The van der Waals surface area contributed by atoms with E-state index in [4.69, 9.17) is 0 Å². The number of halogens is 3. The molecule has 0 aromatic carbocycles. The monoisotopic (exact) mass is 151 g/mol. The molecule has 0 spiro atoms. The van der Waals surface area contributed by atoms with Gasteiger partial charge in [0.05, 0.1) is 0 Å². The molecule has 0 aromatic rings. The molecule has 0 aliphatic rings. The SMILES string of the molecule is C=C(C(C)CC)[B-](F)(F)F. The average molecular weight is 151 g/mol. The molecule has 10 heavy (non-hydrogen) atoms. The van der Waals surface area contributed by atoms with E-state index >= 15 is 0 Å². The molecule has 0 aliphatic heterocycles. The highest BCUT2D eigenvalue weighted by atomic mass is 19.4. The van der Waals surface area contributed by atoms with E-state index in [0.717, 1.165) is 0 Å². The van der Waals surface area contributed by atoms with Crippen molar-refractivity contribution in [3.05, 3.63) is 12.1 Å². The third-order valence-corrected chi connectivity index (χ3v) is 1.67. The summed E-state index contributed by atoms with van der Waals surface area (Å²) in [5, 5.41) is 0. The van der Waals surface area contributed by atoms with Crippen LogP contribution >= 0.6 is 0 Å². The van der Waals surface area contributed by atoms with E-state index in [0.29, 0.717) is 6.42 Å². The molecule has 0 heterocycles. The minimum atomic E-state index is -4.81. The first-order valence-electron chi connectivity index (χ1n) is 3.28. The second kappa shape index (κ2) is 3.13. The van der Waals surface area contributed by atoms with Gasteiger partial charge in [-0.25, -0.2) is 0 Å². The van der Waals surface area contributed by atoms with Crippen LogP contribution in [0.25, 0.3) is 0 Å². The van der Waals surface area contributed by atoms with E-state index in [-0.39, 0.29) is 0 Å². The van der Waals surface area contributed by atoms with E-state index < -0.39 is 18.4 Å². The van der Waals surface area contributed by atoms with Crippen LogP contribution in [0, 0.1) is 5.92 Å². The molecule has 0 aliphatic carbocycles. The summed E-state index contributed by atoms with van der Waals surface area (Å²) in [5.74, 6) is -0.431. The van der Waals surface area contributed by atoms with Crippen LogP contribution in [0.5, 0.6) is 0 Å². The highest BCUT2D eigenvalue weighted by molar-refractivity contribution is 6.66. The molecule has 60 valence electrons. The summed E-state index contributed by atoms with van der Waals surface area (Å²) in [6.45, 7) is 1.45. The summed E-state index contributed by atoms with van der Waals surface area (Å²) in [5.41, 5.74) is -0.567. The van der Waals surface area contributed by atoms with E-state index in [1.165, 1.54) is 6.92 Å². The van der Waals surface area contributed by atoms with Gasteiger partial charge < -0.3 is 12.9 Å². The van der Waals surface area contributed by atoms with Crippen molar-refractivity contribution in [1.82, 2.24) is 0 Å². The summed E-state index contributed by atoms with van der Waals surface area (Å²) < 4.78 is 35.5. The van der Waals surface area contributed by atoms with Crippen LogP contribution < -0.4 is 0 Å². The molecule has 0 aromatic heterocycles. The van der Waals surface area contributed by atoms with E-state index in [2.05, 4.69) is 6.58 Å². The van der Waals surface area contributed by atoms with Gasteiger partial charge in [-0.05, 0) is 0 Å². The fourth-order valence-corrected chi connectivity index (χ4v) is 0.585. The molecule has 0 nitrogen and oxygen atoms in total. The van der Waals surface area contributed by atoms with Crippen molar-refractivity contribution in [1.29, 1.82) is 0 Å². The molecular weight excluding hydrogens is 140 g/mol. The molecule has 4 heteroatoms. The Morgan fingerprint density at radius 2 is 1.90 bits per heavy atom. The van der Waals surface area contributed by atoms with E-state index in [1.54, 1.807) is 6.92 Å². The van der Waals surface area contributed by atoms with Crippen LogP contribution in [-0.4, -0.2) is 6.98 Å². The largest absolute Gasteiger partial charge is 0.505 e. The van der Waals surface area contributed by atoms with Crippen molar-refractivity contribution in [3.63, 3.8) is 0 Å². The molecule has 0 fully saturated rings. The normalized spacial score (nSPS) is 14.9. The van der Waals surface area contributed by atoms with Gasteiger partial charge >= 0.3 is 6.98 Å². The third-order valence-electron chi connectivity index (χ3n) is 1.67. The first-order chi connectivity index (χ1) is 4.39. The number of allylic oxidation sites excluding steroid dienone is 1. The van der Waals surface area contributed by atoms with Crippen molar-refractivity contribution in [2.24, 2.45) is 5.92 Å². The number of hydrogen-bond acceptors (Lipinski definition) is 0. The molecule has 0 rings (SSSR count). The van der Waals surface area contributed by atoms with Crippen molar-refractivity contribution >= 4 is 6.98 Å². The summed E-state index contributed by atoms with van der Waals surface area (Å²) in [7, 11) is 0. The minimum Gasteiger partial charge on any atom is -0.445 e. The average Bonchev–Trinajstić information content (AvgIpc) is 1.83. The summed E-state index contributed by atoms with van der Waals surface area (Å²) in [4.78, 5) is 0. The highest BCUT2D eigenvalue weighted by Crippen LogP contribution is 2.26. The van der Waals surface area contributed by atoms with Crippen LogP contribution in [0.15, 0.2) is 12.1 Å². The molecule has 0 amide bonds. The quantitative estimate of drug-likeness (QED) is 0.543. The van der Waals surface area contributed by atoms with Crippen molar-refractivity contribution in [2.75, 3.05) is 0 Å². The standard InChI is InChI=1S/C6H11BF3/c1-4-5(2)6(3)7(8,9)10/h5H,3-4H2,1-2H3/q-1. The fourth-order valence-electron chi connectivity index (χ4n) is 0.585. The van der Waals surface area contributed by atoms with E-state index in [9.17, 15) is 12.9 Å². The van der Waals surface area contributed by atoms with Gasteiger partial charge in [-0.1, -0.05) is 26.2 Å². The zero-order valence-corrected chi connectivity index (χ0v) is 6.20. The Kier molecular flexibility index (Phi) is 3.00. The Balaban J connectivity index is 4.09. The first kappa shape index (κ1) is 9.59. The van der Waals surface area contributed by atoms with Gasteiger partial charge in [-0.3, -0.25) is 0 Å². The van der Waals surface area contributed by atoms with Crippen molar-refractivity contribution in [2.45, 2.75) is 20.3 Å². The smallest absolute Gasteiger partial charge is 0.445 e. The summed E-state index contributed by atoms with van der Waals surface area (Å²) in [6.07, 6.45) is 0.500. The molecule has 0 saturated heterocycles. The van der Waals surface area contributed by atoms with Gasteiger partial charge in [0.1, 0.15) is 0 Å². The molecule has 1 unspecified atom stereocenters. The third kappa shape index (κ3) is 2.46. The zero-order chi connectivity index (χ0) is 8.36. The lowest BCUT2D eigenvalue weighted by molar-refractivity contribution is 0.470. The Labute approximate surface area is 59.2 Å². The van der Waals surface area contributed by atoms with Gasteiger partial charge in [0.2, 0.25) is 0 Å². The van der Waals surface area contributed by atoms with Gasteiger partial charge in [-0.2, -0.15) is 0 Å². The Bertz CT molecular complexity index is 127. The lowest BCUT2D eigenvalue weighted by Gasteiger charge is -2.22. The van der Waals surface area contributed by atoms with Gasteiger partial charge in [0, 0.05) is 0 Å². The zero-order valence-electron chi connectivity index (χ0n) is 6.20. The fraction of sp³-hybridized carbons (Fsp3) is 0.667. The molecule has 0 bridgehead atoms. The second-order valence-electron chi connectivity index (χ2n) is 2.46. The molecule has 0 saturated carbocycles. The lowest BCUT2D eigenvalue weighted by atomic mass is 9.72. The lowest BCUT2D eigenvalue weighted by Crippen LogP contribution is -2.23. The molecule has 0 N–H and O–H groups in total. The molecule has 1 atom stereocenters. The van der Waals surface area contributed by atoms with Crippen LogP contribution in [-0.2, 0) is 0 Å². The Hall–Kier alpha value is -0.405. The topological polar surface area (TPSA) is 0 Å². The maximum atomic E-state index is 11.8. The van der Waals surface area contributed by atoms with Gasteiger partial charge in [0.15, 0.2) is 0 Å². The van der Waals surface area contributed by atoms with Gasteiger partial charge in [-0.15, -0.1) is 12.1 Å². The predicted octanol–water partition coefficient (Wildman–Crippen LogP) is 2.98. The second-order valence-corrected chi connectivity index (χ2v) is 2.46. The predicted molar refractivity (Wildman–Crippen MR) is 37.7 cm³/mol. The summed E-state index contributed by atoms with van der Waals surface area (Å²) in [6, 6.07) is 0.